The lowest BCUT2D eigenvalue weighted by molar-refractivity contribution is 0.0922. The highest BCUT2D eigenvalue weighted by Gasteiger charge is 2.27. The van der Waals surface area contributed by atoms with Crippen LogP contribution >= 0.6 is 0 Å². The summed E-state index contributed by atoms with van der Waals surface area (Å²) in [6.07, 6.45) is 4.88. The third kappa shape index (κ3) is 3.80. The highest BCUT2D eigenvalue weighted by molar-refractivity contribution is 7.89. The number of amides is 1. The van der Waals surface area contributed by atoms with E-state index in [1.807, 2.05) is 6.92 Å². The second kappa shape index (κ2) is 7.15. The Morgan fingerprint density at radius 1 is 1.36 bits per heavy atom. The fourth-order valence-corrected chi connectivity index (χ4v) is 3.68. The van der Waals surface area contributed by atoms with Crippen molar-refractivity contribution in [2.45, 2.75) is 39.2 Å². The molecule has 2 rings (SSSR count). The van der Waals surface area contributed by atoms with Crippen molar-refractivity contribution in [3.63, 3.8) is 0 Å². The van der Waals surface area contributed by atoms with Crippen molar-refractivity contribution in [2.75, 3.05) is 18.8 Å². The maximum atomic E-state index is 12.3. The summed E-state index contributed by atoms with van der Waals surface area (Å²) in [5, 5.41) is 2.96. The fourth-order valence-electron chi connectivity index (χ4n) is 2.55. The second-order valence-corrected chi connectivity index (χ2v) is 7.54. The molecule has 0 aliphatic carbocycles. The molecule has 22 heavy (non-hydrogen) atoms. The van der Waals surface area contributed by atoms with Crippen LogP contribution in [-0.2, 0) is 16.4 Å². The minimum absolute atomic E-state index is 0.0132. The van der Waals surface area contributed by atoms with E-state index in [-0.39, 0.29) is 17.7 Å². The molecule has 0 atom stereocenters. The number of sulfonamides is 1. The Kier molecular flexibility index (Phi) is 5.47. The van der Waals surface area contributed by atoms with E-state index in [1.165, 1.54) is 16.8 Å². The first kappa shape index (κ1) is 16.8. The van der Waals surface area contributed by atoms with Crippen LogP contribution in [0.4, 0.5) is 0 Å². The molecule has 8 heteroatoms. The molecule has 1 aromatic heterocycles. The van der Waals surface area contributed by atoms with Gasteiger partial charge < -0.3 is 5.32 Å². The molecule has 7 nitrogen and oxygen atoms in total. The summed E-state index contributed by atoms with van der Waals surface area (Å²) >= 11 is 0. The van der Waals surface area contributed by atoms with Gasteiger partial charge in [-0.25, -0.2) is 22.7 Å². The van der Waals surface area contributed by atoms with Crippen molar-refractivity contribution in [1.82, 2.24) is 19.6 Å². The van der Waals surface area contributed by atoms with Gasteiger partial charge in [-0.3, -0.25) is 4.79 Å². The Morgan fingerprint density at radius 2 is 2.05 bits per heavy atom. The Hall–Kier alpha value is -1.54. The number of nitrogens with zero attached hydrogens (tertiary/aromatic N) is 3. The lowest BCUT2D eigenvalue weighted by atomic mass is 10.1. The number of nitrogens with one attached hydrogen (secondary N) is 1. The maximum Gasteiger partial charge on any atom is 0.254 e. The molecule has 1 saturated heterocycles. The van der Waals surface area contributed by atoms with Gasteiger partial charge in [0, 0.05) is 25.3 Å². The summed E-state index contributed by atoms with van der Waals surface area (Å²) in [4.78, 5) is 20.3. The van der Waals surface area contributed by atoms with E-state index < -0.39 is 10.0 Å². The predicted molar refractivity (Wildman–Crippen MR) is 82.9 cm³/mol. The molecule has 122 valence electrons. The van der Waals surface area contributed by atoms with Crippen LogP contribution in [0.2, 0.25) is 0 Å². The largest absolute Gasteiger partial charge is 0.349 e. The molecule has 1 aliphatic heterocycles. The van der Waals surface area contributed by atoms with E-state index in [2.05, 4.69) is 15.3 Å². The van der Waals surface area contributed by atoms with Crippen LogP contribution in [0.3, 0.4) is 0 Å². The highest BCUT2D eigenvalue weighted by Crippen LogP contribution is 2.15. The monoisotopic (exact) mass is 326 g/mol. The zero-order valence-electron chi connectivity index (χ0n) is 12.9. The van der Waals surface area contributed by atoms with Crippen molar-refractivity contribution in [1.29, 1.82) is 0 Å². The van der Waals surface area contributed by atoms with Gasteiger partial charge in [0.2, 0.25) is 10.0 Å². The van der Waals surface area contributed by atoms with E-state index >= 15 is 0 Å². The van der Waals surface area contributed by atoms with Crippen molar-refractivity contribution < 1.29 is 13.2 Å². The van der Waals surface area contributed by atoms with Crippen LogP contribution in [0.15, 0.2) is 12.5 Å². The van der Waals surface area contributed by atoms with Crippen molar-refractivity contribution in [3.8, 4) is 0 Å². The van der Waals surface area contributed by atoms with Crippen LogP contribution in [0.25, 0.3) is 0 Å². The number of carbonyl (C=O) groups excluding carboxylic acids is 1. The van der Waals surface area contributed by atoms with Crippen molar-refractivity contribution in [3.05, 3.63) is 23.8 Å². The molecular weight excluding hydrogens is 304 g/mol. The number of hydrogen-bond acceptors (Lipinski definition) is 5. The highest BCUT2D eigenvalue weighted by atomic mass is 32.2. The Bertz CT molecular complexity index is 625. The number of aryl methyl sites for hydroxylation is 1. The normalized spacial score (nSPS) is 17.4. The van der Waals surface area contributed by atoms with E-state index in [0.29, 0.717) is 37.9 Å². The van der Waals surface area contributed by atoms with Crippen LogP contribution in [0.5, 0.6) is 0 Å². The van der Waals surface area contributed by atoms with Gasteiger partial charge in [0.05, 0.1) is 17.0 Å². The smallest absolute Gasteiger partial charge is 0.254 e. The third-order valence-electron chi connectivity index (χ3n) is 3.92. The molecule has 0 unspecified atom stereocenters. The quantitative estimate of drug-likeness (QED) is 0.854. The number of hydrogen-bond donors (Lipinski definition) is 1. The van der Waals surface area contributed by atoms with Gasteiger partial charge in [0.1, 0.15) is 6.33 Å². The number of aromatic nitrogens is 2. The SMILES string of the molecule is CCc1ncncc1C(=O)NC1CCN(S(=O)(=O)CC)CC1. The molecule has 0 spiro atoms. The number of rotatable bonds is 5. The molecule has 2 heterocycles. The maximum absolute atomic E-state index is 12.3. The molecule has 1 aliphatic rings. The zero-order valence-corrected chi connectivity index (χ0v) is 13.8. The molecule has 1 aromatic rings. The topological polar surface area (TPSA) is 92.3 Å². The summed E-state index contributed by atoms with van der Waals surface area (Å²) in [5.74, 6) is -0.0696. The summed E-state index contributed by atoms with van der Waals surface area (Å²) in [7, 11) is -3.14. The minimum Gasteiger partial charge on any atom is -0.349 e. The van der Waals surface area contributed by atoms with Crippen LogP contribution < -0.4 is 5.32 Å². The standard InChI is InChI=1S/C14H22N4O3S/c1-3-13-12(9-15-10-16-13)14(19)17-11-5-7-18(8-6-11)22(20,21)4-2/h9-11H,3-8H2,1-2H3,(H,17,19). The Balaban J connectivity index is 1.95. The Morgan fingerprint density at radius 3 is 2.64 bits per heavy atom. The van der Waals surface area contributed by atoms with Gasteiger partial charge in [0.25, 0.3) is 5.91 Å². The first-order valence-electron chi connectivity index (χ1n) is 7.55. The van der Waals surface area contributed by atoms with Crippen molar-refractivity contribution >= 4 is 15.9 Å². The molecule has 0 radical (unpaired) electrons. The first-order chi connectivity index (χ1) is 10.5. The van der Waals surface area contributed by atoms with Crippen LogP contribution in [0.1, 0.15) is 42.7 Å². The van der Waals surface area contributed by atoms with E-state index in [4.69, 9.17) is 0 Å². The molecule has 1 fully saturated rings. The van der Waals surface area contributed by atoms with Gasteiger partial charge in [-0.2, -0.15) is 0 Å². The number of piperidine rings is 1. The summed E-state index contributed by atoms with van der Waals surface area (Å²) < 4.78 is 25.1. The van der Waals surface area contributed by atoms with Gasteiger partial charge >= 0.3 is 0 Å². The van der Waals surface area contributed by atoms with Gasteiger partial charge in [-0.1, -0.05) is 6.92 Å². The number of carbonyl (C=O) groups is 1. The summed E-state index contributed by atoms with van der Waals surface area (Å²) in [5.41, 5.74) is 1.21. The minimum atomic E-state index is -3.14. The lowest BCUT2D eigenvalue weighted by Crippen LogP contribution is -2.47. The molecule has 1 N–H and O–H groups in total. The van der Waals surface area contributed by atoms with E-state index in [0.717, 1.165) is 5.69 Å². The van der Waals surface area contributed by atoms with Gasteiger partial charge in [-0.05, 0) is 26.2 Å². The molecular formula is C14H22N4O3S. The van der Waals surface area contributed by atoms with Crippen LogP contribution in [0, 0.1) is 0 Å². The van der Waals surface area contributed by atoms with Gasteiger partial charge in [-0.15, -0.1) is 0 Å². The van der Waals surface area contributed by atoms with Crippen molar-refractivity contribution in [2.24, 2.45) is 0 Å². The molecule has 0 bridgehead atoms. The summed E-state index contributed by atoms with van der Waals surface area (Å²) in [6, 6.07) is -0.0132. The predicted octanol–water partition coefficient (Wildman–Crippen LogP) is 0.583. The third-order valence-corrected chi connectivity index (χ3v) is 5.80. The molecule has 1 amide bonds. The Labute approximate surface area is 131 Å². The zero-order chi connectivity index (χ0) is 16.2. The lowest BCUT2D eigenvalue weighted by Gasteiger charge is -2.31. The van der Waals surface area contributed by atoms with E-state index in [1.54, 1.807) is 6.92 Å². The van der Waals surface area contributed by atoms with E-state index in [9.17, 15) is 13.2 Å². The molecule has 0 saturated carbocycles. The first-order valence-corrected chi connectivity index (χ1v) is 9.16. The van der Waals surface area contributed by atoms with Crippen LogP contribution in [-0.4, -0.2) is 53.5 Å². The fraction of sp³-hybridized carbons (Fsp3) is 0.643. The average Bonchev–Trinajstić information content (AvgIpc) is 2.55. The molecule has 0 aromatic carbocycles. The average molecular weight is 326 g/mol. The second-order valence-electron chi connectivity index (χ2n) is 5.28. The van der Waals surface area contributed by atoms with Gasteiger partial charge in [0.15, 0.2) is 0 Å². The summed E-state index contributed by atoms with van der Waals surface area (Å²) in [6.45, 7) is 4.48.